The minimum Gasteiger partial charge on any atom is -0.371 e. The number of aromatic nitrogens is 2. The van der Waals surface area contributed by atoms with E-state index in [4.69, 9.17) is 11.6 Å². The van der Waals surface area contributed by atoms with Crippen LogP contribution in [0.25, 0.3) is 0 Å². The molecule has 1 atom stereocenters. The highest BCUT2D eigenvalue weighted by atomic mass is 35.5. The fourth-order valence-electron chi connectivity index (χ4n) is 3.28. The van der Waals surface area contributed by atoms with Crippen molar-refractivity contribution in [1.82, 2.24) is 20.0 Å². The van der Waals surface area contributed by atoms with Gasteiger partial charge in [-0.25, -0.2) is 4.79 Å². The smallest absolute Gasteiger partial charge is 0.317 e. The number of nitrogens with zero attached hydrogens (tertiary/aromatic N) is 4. The Labute approximate surface area is 159 Å². The van der Waals surface area contributed by atoms with E-state index in [0.717, 1.165) is 43.2 Å². The number of hydrogen-bond acceptors (Lipinski definition) is 3. The van der Waals surface area contributed by atoms with E-state index in [2.05, 4.69) is 21.4 Å². The van der Waals surface area contributed by atoms with Crippen molar-refractivity contribution in [2.45, 2.75) is 19.4 Å². The molecule has 26 heavy (non-hydrogen) atoms. The SMILES string of the molecule is CN(CCCn1cccn1)C(=O)NCC1CCN(c2cccc(Cl)c2)C1. The molecular formula is C19H26ClN5O. The summed E-state index contributed by atoms with van der Waals surface area (Å²) in [5.74, 6) is 0.468. The molecule has 0 saturated carbocycles. The first-order chi connectivity index (χ1) is 12.6. The van der Waals surface area contributed by atoms with Gasteiger partial charge in [-0.2, -0.15) is 5.10 Å². The van der Waals surface area contributed by atoms with Crippen LogP contribution in [-0.2, 0) is 6.54 Å². The van der Waals surface area contributed by atoms with Crippen molar-refractivity contribution in [1.29, 1.82) is 0 Å². The number of hydrogen-bond donors (Lipinski definition) is 1. The minimum absolute atomic E-state index is 0.00771. The van der Waals surface area contributed by atoms with E-state index in [-0.39, 0.29) is 6.03 Å². The Morgan fingerprint density at radius 2 is 2.31 bits per heavy atom. The third-order valence-electron chi connectivity index (χ3n) is 4.79. The van der Waals surface area contributed by atoms with Crippen LogP contribution in [0.2, 0.25) is 5.02 Å². The number of anilines is 1. The molecular weight excluding hydrogens is 350 g/mol. The summed E-state index contributed by atoms with van der Waals surface area (Å²) in [6.45, 7) is 4.19. The van der Waals surface area contributed by atoms with E-state index in [1.165, 1.54) is 0 Å². The van der Waals surface area contributed by atoms with E-state index in [9.17, 15) is 4.79 Å². The standard InChI is InChI=1S/C19H26ClN5O/c1-23(9-4-11-25-10-3-8-22-25)19(26)21-14-16-7-12-24(15-16)18-6-2-5-17(20)13-18/h2-3,5-6,8,10,13,16H,4,7,9,11-12,14-15H2,1H3,(H,21,26). The zero-order valence-electron chi connectivity index (χ0n) is 15.1. The molecule has 1 saturated heterocycles. The summed E-state index contributed by atoms with van der Waals surface area (Å²) in [6, 6.07) is 9.85. The van der Waals surface area contributed by atoms with E-state index in [1.807, 2.05) is 42.2 Å². The van der Waals surface area contributed by atoms with Crippen molar-refractivity contribution in [3.05, 3.63) is 47.7 Å². The first kappa shape index (κ1) is 18.6. The molecule has 2 amide bonds. The molecule has 1 aliphatic heterocycles. The third-order valence-corrected chi connectivity index (χ3v) is 5.02. The average molecular weight is 376 g/mol. The molecule has 1 N–H and O–H groups in total. The Hall–Kier alpha value is -2.21. The van der Waals surface area contributed by atoms with Crippen LogP contribution < -0.4 is 10.2 Å². The fraction of sp³-hybridized carbons (Fsp3) is 0.474. The van der Waals surface area contributed by atoms with E-state index >= 15 is 0 Å². The zero-order chi connectivity index (χ0) is 18.4. The van der Waals surface area contributed by atoms with E-state index in [0.29, 0.717) is 19.0 Å². The highest BCUT2D eigenvalue weighted by Gasteiger charge is 2.23. The Kier molecular flexibility index (Phi) is 6.39. The normalized spacial score (nSPS) is 16.7. The number of carbonyl (C=O) groups excluding carboxylic acids is 1. The molecule has 1 aromatic carbocycles. The van der Waals surface area contributed by atoms with Gasteiger partial charge in [0.15, 0.2) is 0 Å². The second kappa shape index (κ2) is 8.94. The van der Waals surface area contributed by atoms with Crippen molar-refractivity contribution in [3.63, 3.8) is 0 Å². The summed E-state index contributed by atoms with van der Waals surface area (Å²) in [5, 5.41) is 7.99. The van der Waals surface area contributed by atoms with Crippen LogP contribution in [0.5, 0.6) is 0 Å². The first-order valence-electron chi connectivity index (χ1n) is 9.09. The fourth-order valence-corrected chi connectivity index (χ4v) is 3.46. The van der Waals surface area contributed by atoms with Gasteiger partial charge in [0.25, 0.3) is 0 Å². The number of rotatable bonds is 7. The number of halogens is 1. The van der Waals surface area contributed by atoms with Gasteiger partial charge in [0.05, 0.1) is 0 Å². The quantitative estimate of drug-likeness (QED) is 0.809. The topological polar surface area (TPSA) is 53.4 Å². The molecule has 0 radical (unpaired) electrons. The largest absolute Gasteiger partial charge is 0.371 e. The lowest BCUT2D eigenvalue weighted by molar-refractivity contribution is 0.205. The van der Waals surface area contributed by atoms with Gasteiger partial charge in [0.1, 0.15) is 0 Å². The Bertz CT molecular complexity index is 706. The molecule has 0 spiro atoms. The van der Waals surface area contributed by atoms with Crippen molar-refractivity contribution in [2.24, 2.45) is 5.92 Å². The average Bonchev–Trinajstić information content (AvgIpc) is 3.31. The second-order valence-corrected chi connectivity index (χ2v) is 7.25. The number of amides is 2. The molecule has 2 aromatic rings. The van der Waals surface area contributed by atoms with Crippen LogP contribution in [0.1, 0.15) is 12.8 Å². The van der Waals surface area contributed by atoms with Gasteiger partial charge < -0.3 is 15.1 Å². The molecule has 7 heteroatoms. The van der Waals surface area contributed by atoms with Gasteiger partial charge in [-0.15, -0.1) is 0 Å². The molecule has 1 aromatic heterocycles. The van der Waals surface area contributed by atoms with Crippen LogP contribution in [0.3, 0.4) is 0 Å². The maximum absolute atomic E-state index is 12.2. The highest BCUT2D eigenvalue weighted by molar-refractivity contribution is 6.30. The van der Waals surface area contributed by atoms with Gasteiger partial charge in [-0.1, -0.05) is 17.7 Å². The lowest BCUT2D eigenvalue weighted by atomic mass is 10.1. The van der Waals surface area contributed by atoms with Crippen LogP contribution in [0.4, 0.5) is 10.5 Å². The Balaban J connectivity index is 1.36. The molecule has 3 rings (SSSR count). The molecule has 0 aliphatic carbocycles. The summed E-state index contributed by atoms with van der Waals surface area (Å²) in [6.07, 6.45) is 5.67. The number of benzene rings is 1. The van der Waals surface area contributed by atoms with Crippen LogP contribution in [0, 0.1) is 5.92 Å². The summed E-state index contributed by atoms with van der Waals surface area (Å²) < 4.78 is 1.88. The molecule has 1 aliphatic rings. The van der Waals surface area contributed by atoms with Gasteiger partial charge in [0, 0.05) is 62.9 Å². The van der Waals surface area contributed by atoms with E-state index < -0.39 is 0 Å². The lowest BCUT2D eigenvalue weighted by Crippen LogP contribution is -2.40. The van der Waals surface area contributed by atoms with Gasteiger partial charge in [0.2, 0.25) is 0 Å². The van der Waals surface area contributed by atoms with Gasteiger partial charge in [-0.3, -0.25) is 4.68 Å². The van der Waals surface area contributed by atoms with Crippen LogP contribution in [-0.4, -0.2) is 53.9 Å². The van der Waals surface area contributed by atoms with Gasteiger partial charge in [-0.05, 0) is 43.0 Å². The number of nitrogens with one attached hydrogen (secondary N) is 1. The monoisotopic (exact) mass is 375 g/mol. The number of carbonyl (C=O) groups is 1. The molecule has 140 valence electrons. The van der Waals surface area contributed by atoms with Gasteiger partial charge >= 0.3 is 6.03 Å². The third kappa shape index (κ3) is 5.14. The second-order valence-electron chi connectivity index (χ2n) is 6.81. The maximum atomic E-state index is 12.2. The molecule has 1 unspecified atom stereocenters. The molecule has 6 nitrogen and oxygen atoms in total. The lowest BCUT2D eigenvalue weighted by Gasteiger charge is -2.21. The first-order valence-corrected chi connectivity index (χ1v) is 9.46. The number of urea groups is 1. The molecule has 0 bridgehead atoms. The van der Waals surface area contributed by atoms with Crippen molar-refractivity contribution in [3.8, 4) is 0 Å². The number of aryl methyl sites for hydroxylation is 1. The predicted molar refractivity (Wildman–Crippen MR) is 105 cm³/mol. The predicted octanol–water partition coefficient (Wildman–Crippen LogP) is 3.09. The minimum atomic E-state index is -0.00771. The zero-order valence-corrected chi connectivity index (χ0v) is 15.9. The van der Waals surface area contributed by atoms with Crippen molar-refractivity contribution in [2.75, 3.05) is 38.1 Å². The highest BCUT2D eigenvalue weighted by Crippen LogP contribution is 2.25. The summed E-state index contributed by atoms with van der Waals surface area (Å²) in [4.78, 5) is 16.3. The van der Waals surface area contributed by atoms with Crippen LogP contribution in [0.15, 0.2) is 42.7 Å². The molecule has 1 fully saturated rings. The summed E-state index contributed by atoms with van der Waals surface area (Å²) in [7, 11) is 1.84. The molecule has 2 heterocycles. The van der Waals surface area contributed by atoms with Crippen molar-refractivity contribution >= 4 is 23.3 Å². The summed E-state index contributed by atoms with van der Waals surface area (Å²) >= 11 is 6.08. The van der Waals surface area contributed by atoms with E-state index in [1.54, 1.807) is 11.1 Å². The Morgan fingerprint density at radius 3 is 3.08 bits per heavy atom. The Morgan fingerprint density at radius 1 is 1.42 bits per heavy atom. The van der Waals surface area contributed by atoms with Crippen LogP contribution >= 0.6 is 11.6 Å². The maximum Gasteiger partial charge on any atom is 0.317 e. The summed E-state index contributed by atoms with van der Waals surface area (Å²) in [5.41, 5.74) is 1.15. The van der Waals surface area contributed by atoms with Crippen molar-refractivity contribution < 1.29 is 4.79 Å².